The Morgan fingerprint density at radius 3 is 2.93 bits per heavy atom. The van der Waals surface area contributed by atoms with Crippen molar-refractivity contribution < 1.29 is 29.6 Å². The van der Waals surface area contributed by atoms with Gasteiger partial charge in [0.15, 0.2) is 10.8 Å². The summed E-state index contributed by atoms with van der Waals surface area (Å²) in [5.41, 5.74) is 5.66. The van der Waals surface area contributed by atoms with Gasteiger partial charge in [-0.05, 0) is 18.1 Å². The van der Waals surface area contributed by atoms with Gasteiger partial charge in [0, 0.05) is 18.5 Å². The second kappa shape index (κ2) is 8.90. The molecular formula is C16H18BN5O6S. The molecule has 11 nitrogen and oxygen atoms in total. The Hall–Kier alpha value is -3.16. The molecule has 2 heterocycles. The van der Waals surface area contributed by atoms with Crippen molar-refractivity contribution in [3.8, 4) is 5.75 Å². The Morgan fingerprint density at radius 2 is 2.24 bits per heavy atom. The van der Waals surface area contributed by atoms with E-state index < -0.39 is 24.9 Å². The first-order chi connectivity index (χ1) is 13.9. The molecule has 3 rings (SSSR count). The molecule has 0 fully saturated rings. The molecule has 1 amide bonds. The van der Waals surface area contributed by atoms with E-state index in [0.717, 1.165) is 0 Å². The van der Waals surface area contributed by atoms with Gasteiger partial charge >= 0.3 is 13.1 Å². The van der Waals surface area contributed by atoms with E-state index in [1.165, 1.54) is 22.8 Å². The second-order valence-electron chi connectivity index (χ2n) is 6.09. The van der Waals surface area contributed by atoms with Crippen molar-refractivity contribution in [2.75, 3.05) is 18.4 Å². The smallest absolute Gasteiger partial charge is 0.534 e. The zero-order valence-corrected chi connectivity index (χ0v) is 15.8. The van der Waals surface area contributed by atoms with E-state index in [0.29, 0.717) is 23.8 Å². The average Bonchev–Trinajstić information content (AvgIpc) is 3.15. The van der Waals surface area contributed by atoms with Gasteiger partial charge in [-0.3, -0.25) is 4.79 Å². The van der Waals surface area contributed by atoms with Crippen molar-refractivity contribution in [1.82, 2.24) is 10.3 Å². The predicted octanol–water partition coefficient (Wildman–Crippen LogP) is -0.470. The van der Waals surface area contributed by atoms with Gasteiger partial charge in [-0.15, -0.1) is 11.3 Å². The van der Waals surface area contributed by atoms with Gasteiger partial charge in [-0.25, -0.2) is 9.78 Å². The molecule has 0 aliphatic carbocycles. The highest BCUT2D eigenvalue weighted by molar-refractivity contribution is 7.14. The number of thiazole rings is 1. The molecule has 1 aliphatic heterocycles. The van der Waals surface area contributed by atoms with Crippen LogP contribution in [0, 0.1) is 0 Å². The third-order valence-corrected chi connectivity index (χ3v) is 4.95. The maximum absolute atomic E-state index is 12.6. The summed E-state index contributed by atoms with van der Waals surface area (Å²) in [6.45, 7) is 0.898. The van der Waals surface area contributed by atoms with Crippen LogP contribution in [0.15, 0.2) is 28.7 Å². The lowest BCUT2D eigenvalue weighted by Gasteiger charge is -2.28. The van der Waals surface area contributed by atoms with Crippen LogP contribution in [0.4, 0.5) is 5.13 Å². The number of anilines is 1. The van der Waals surface area contributed by atoms with Crippen molar-refractivity contribution in [3.63, 3.8) is 0 Å². The van der Waals surface area contributed by atoms with Crippen molar-refractivity contribution in [2.45, 2.75) is 12.4 Å². The van der Waals surface area contributed by atoms with E-state index in [4.69, 9.17) is 10.4 Å². The zero-order valence-electron chi connectivity index (χ0n) is 15.0. The number of rotatable bonds is 7. The van der Waals surface area contributed by atoms with Crippen molar-refractivity contribution >= 4 is 41.2 Å². The average molecular weight is 419 g/mol. The highest BCUT2D eigenvalue weighted by Gasteiger charge is 2.38. The summed E-state index contributed by atoms with van der Waals surface area (Å²) in [7, 11) is -1.48. The molecule has 0 unspecified atom stereocenters. The molecule has 0 radical (unpaired) electrons. The van der Waals surface area contributed by atoms with Crippen LogP contribution in [0.5, 0.6) is 5.75 Å². The third kappa shape index (κ3) is 4.47. The Balaban J connectivity index is 1.73. The molecule has 1 atom stereocenters. The van der Waals surface area contributed by atoms with Gasteiger partial charge in [0.05, 0.1) is 11.5 Å². The Morgan fingerprint density at radius 1 is 1.45 bits per heavy atom. The minimum atomic E-state index is -1.48. The number of carboxylic acid groups (broad SMARTS) is 1. The van der Waals surface area contributed by atoms with E-state index in [1.807, 2.05) is 0 Å². The summed E-state index contributed by atoms with van der Waals surface area (Å²) >= 11 is 1.21. The molecule has 0 bridgehead atoms. The lowest BCUT2D eigenvalue weighted by Crippen LogP contribution is -2.54. The van der Waals surface area contributed by atoms with Crippen LogP contribution < -0.4 is 21.0 Å². The van der Waals surface area contributed by atoms with Gasteiger partial charge in [0.2, 0.25) is 0 Å². The maximum Gasteiger partial charge on any atom is 0.547 e. The third-order valence-electron chi connectivity index (χ3n) is 4.15. The number of nitrogens with zero attached hydrogens (tertiary/aromatic N) is 2. The summed E-state index contributed by atoms with van der Waals surface area (Å²) in [5, 5.41) is 39.3. The number of aromatic nitrogens is 1. The topological polar surface area (TPSA) is 179 Å². The van der Waals surface area contributed by atoms with E-state index in [-0.39, 0.29) is 29.1 Å². The highest BCUT2D eigenvalue weighted by Crippen LogP contribution is 2.30. The van der Waals surface area contributed by atoms with Gasteiger partial charge in [-0.2, -0.15) is 0 Å². The molecule has 0 saturated carbocycles. The summed E-state index contributed by atoms with van der Waals surface area (Å²) in [4.78, 5) is 28.0. The molecule has 152 valence electrons. The SMILES string of the molecule is NCCNc1nc(/C(=N/O)C(=O)N[C@H]2Cc3cccc(C(=O)O)c3OB2O)cs1. The largest absolute Gasteiger partial charge is 0.547 e. The van der Waals surface area contributed by atoms with Crippen LogP contribution >= 0.6 is 11.3 Å². The number of para-hydroxylation sites is 1. The van der Waals surface area contributed by atoms with Crippen LogP contribution in [0.25, 0.3) is 0 Å². The van der Waals surface area contributed by atoms with Crippen LogP contribution in [-0.4, -0.2) is 64.1 Å². The van der Waals surface area contributed by atoms with Crippen LogP contribution in [-0.2, 0) is 11.2 Å². The van der Waals surface area contributed by atoms with Crippen LogP contribution in [0.2, 0.25) is 0 Å². The fraction of sp³-hybridized carbons (Fsp3) is 0.250. The number of hydrogen-bond donors (Lipinski definition) is 6. The predicted molar refractivity (Wildman–Crippen MR) is 106 cm³/mol. The van der Waals surface area contributed by atoms with E-state index in [9.17, 15) is 24.9 Å². The first-order valence-corrected chi connectivity index (χ1v) is 9.45. The van der Waals surface area contributed by atoms with Gasteiger partial charge in [-0.1, -0.05) is 17.3 Å². The number of fused-ring (bicyclic) bond motifs is 1. The van der Waals surface area contributed by atoms with E-state index in [2.05, 4.69) is 20.8 Å². The molecule has 1 aliphatic rings. The van der Waals surface area contributed by atoms with Gasteiger partial charge < -0.3 is 36.4 Å². The summed E-state index contributed by atoms with van der Waals surface area (Å²) < 4.78 is 5.33. The van der Waals surface area contributed by atoms with Gasteiger partial charge in [0.25, 0.3) is 5.91 Å². The normalized spacial score (nSPS) is 16.0. The highest BCUT2D eigenvalue weighted by atomic mass is 32.1. The lowest BCUT2D eigenvalue weighted by molar-refractivity contribution is -0.115. The number of nitrogens with two attached hydrogens (primary N) is 1. The number of benzene rings is 1. The molecule has 1 aromatic carbocycles. The van der Waals surface area contributed by atoms with Crippen LogP contribution in [0.3, 0.4) is 0 Å². The number of nitrogens with one attached hydrogen (secondary N) is 2. The number of carbonyl (C=O) groups excluding carboxylic acids is 1. The minimum absolute atomic E-state index is 0.0594. The summed E-state index contributed by atoms with van der Waals surface area (Å²) in [6, 6.07) is 4.56. The quantitative estimate of drug-likeness (QED) is 0.150. The second-order valence-corrected chi connectivity index (χ2v) is 6.95. The first-order valence-electron chi connectivity index (χ1n) is 8.57. The van der Waals surface area contributed by atoms with E-state index in [1.54, 1.807) is 12.1 Å². The molecule has 2 aromatic rings. The summed E-state index contributed by atoms with van der Waals surface area (Å²) in [6.07, 6.45) is 0.127. The minimum Gasteiger partial charge on any atom is -0.534 e. The maximum atomic E-state index is 12.6. The molecule has 1 aromatic heterocycles. The number of carboxylic acids is 1. The molecule has 7 N–H and O–H groups in total. The molecule has 0 spiro atoms. The number of amides is 1. The fourth-order valence-corrected chi connectivity index (χ4v) is 3.53. The standard InChI is InChI=1S/C16H18BN5O6S/c18-4-5-19-16-20-10(7-29-16)12(22-27)14(23)21-11-6-8-2-1-3-9(15(24)25)13(8)28-17(11)26/h1-3,7,11,26-27H,4-6,18H2,(H,19,20)(H,21,23)(H,24,25)/b22-12-/t11-/m0/s1. The Labute approximate surface area is 169 Å². The molecule has 13 heteroatoms. The molecular weight excluding hydrogens is 401 g/mol. The fourth-order valence-electron chi connectivity index (χ4n) is 2.81. The molecule has 0 saturated heterocycles. The first kappa shape index (κ1) is 20.6. The monoisotopic (exact) mass is 419 g/mol. The van der Waals surface area contributed by atoms with Crippen molar-refractivity contribution in [2.24, 2.45) is 10.9 Å². The summed E-state index contributed by atoms with van der Waals surface area (Å²) in [5.74, 6) is -2.78. The number of aromatic carboxylic acids is 1. The zero-order chi connectivity index (χ0) is 21.0. The number of carbonyl (C=O) groups is 2. The number of hydrogen-bond acceptors (Lipinski definition) is 10. The Bertz CT molecular complexity index is 952. The van der Waals surface area contributed by atoms with Crippen molar-refractivity contribution in [3.05, 3.63) is 40.4 Å². The van der Waals surface area contributed by atoms with E-state index >= 15 is 0 Å². The Kier molecular flexibility index (Phi) is 6.31. The van der Waals surface area contributed by atoms with Crippen molar-refractivity contribution in [1.29, 1.82) is 0 Å². The lowest BCUT2D eigenvalue weighted by atomic mass is 9.72. The number of oxime groups is 1. The van der Waals surface area contributed by atoms with Crippen LogP contribution in [0.1, 0.15) is 21.6 Å². The van der Waals surface area contributed by atoms with Gasteiger partial charge in [0.1, 0.15) is 11.4 Å². The molecule has 29 heavy (non-hydrogen) atoms.